The maximum absolute atomic E-state index is 13.3. The van der Waals surface area contributed by atoms with Crippen molar-refractivity contribution in [2.45, 2.75) is 57.0 Å². The van der Waals surface area contributed by atoms with Gasteiger partial charge in [0, 0.05) is 10.3 Å². The highest BCUT2D eigenvalue weighted by Crippen LogP contribution is 2.35. The molecule has 1 aliphatic rings. The Labute approximate surface area is 206 Å². The Hall–Kier alpha value is -2.84. The molecule has 4 nitrogen and oxygen atoms in total. The summed E-state index contributed by atoms with van der Waals surface area (Å²) >= 11 is 0.662. The van der Waals surface area contributed by atoms with Gasteiger partial charge in [-0.15, -0.1) is 5.06 Å². The molecule has 184 valence electrons. The molecule has 1 aliphatic heterocycles. The van der Waals surface area contributed by atoms with Crippen LogP contribution < -0.4 is 0 Å². The number of halogens is 3. The van der Waals surface area contributed by atoms with Gasteiger partial charge < -0.3 is 0 Å². The van der Waals surface area contributed by atoms with E-state index in [1.807, 2.05) is 18.2 Å². The average Bonchev–Trinajstić information content (AvgIpc) is 2.84. The molecule has 1 unspecified atom stereocenters. The number of nitrogens with zero attached hydrogens (tertiary/aromatic N) is 1. The molecule has 8 heteroatoms. The Morgan fingerprint density at radius 3 is 2.34 bits per heavy atom. The van der Waals surface area contributed by atoms with Crippen molar-refractivity contribution < 1.29 is 27.0 Å². The largest absolute Gasteiger partial charge is 0.416 e. The Balaban J connectivity index is 1.59. The van der Waals surface area contributed by atoms with Crippen LogP contribution in [0.3, 0.4) is 0 Å². The molecule has 0 spiro atoms. The minimum atomic E-state index is -4.45. The molecule has 0 saturated carbocycles. The first-order chi connectivity index (χ1) is 16.7. The molecule has 0 fully saturated rings. The molecule has 0 bridgehead atoms. The minimum absolute atomic E-state index is 0.332. The molecule has 3 aromatic carbocycles. The first-order valence-electron chi connectivity index (χ1n) is 11.7. The van der Waals surface area contributed by atoms with Crippen LogP contribution >= 0.6 is 12.0 Å². The number of alkyl halides is 3. The van der Waals surface area contributed by atoms with Gasteiger partial charge in [-0.05, 0) is 59.7 Å². The van der Waals surface area contributed by atoms with E-state index in [1.54, 1.807) is 12.1 Å². The third-order valence-electron chi connectivity index (χ3n) is 6.32. The summed E-state index contributed by atoms with van der Waals surface area (Å²) in [5, 5.41) is 2.13. The SMILES string of the molecule is CCCCC(CC)Cc1cc2c3c(cccc3c1)C(=O)N(OSc1ccc(C(F)(F)F)cc1)C2=O. The quantitative estimate of drug-likeness (QED) is 0.221. The molecule has 0 aliphatic carbocycles. The van der Waals surface area contributed by atoms with Crippen LogP contribution in [0, 0.1) is 5.92 Å². The summed E-state index contributed by atoms with van der Waals surface area (Å²) in [5.41, 5.74) is 0.996. The smallest absolute Gasteiger partial charge is 0.266 e. The van der Waals surface area contributed by atoms with Gasteiger partial charge in [0.05, 0.1) is 28.7 Å². The Morgan fingerprint density at radius 2 is 1.69 bits per heavy atom. The van der Waals surface area contributed by atoms with Crippen LogP contribution in [0.4, 0.5) is 13.2 Å². The third-order valence-corrected chi connectivity index (χ3v) is 7.01. The van der Waals surface area contributed by atoms with E-state index in [9.17, 15) is 22.8 Å². The number of rotatable bonds is 9. The monoisotopic (exact) mass is 501 g/mol. The lowest BCUT2D eigenvalue weighted by atomic mass is 9.87. The standard InChI is InChI=1S/C27H26F3NO3S/c1-3-5-7-17(4-2)14-18-15-19-8-6-9-22-24(19)23(16-18)26(33)31(25(22)32)34-35-21-12-10-20(11-13-21)27(28,29)30/h6,8-13,15-17H,3-5,7,14H2,1-2H3. The van der Waals surface area contributed by atoms with E-state index in [4.69, 9.17) is 4.28 Å². The number of benzene rings is 3. The van der Waals surface area contributed by atoms with E-state index in [2.05, 4.69) is 13.8 Å². The van der Waals surface area contributed by atoms with Crippen molar-refractivity contribution in [2.75, 3.05) is 0 Å². The van der Waals surface area contributed by atoms with Gasteiger partial charge in [0.25, 0.3) is 11.8 Å². The van der Waals surface area contributed by atoms with Gasteiger partial charge >= 0.3 is 6.18 Å². The van der Waals surface area contributed by atoms with Crippen molar-refractivity contribution in [3.05, 3.63) is 76.9 Å². The van der Waals surface area contributed by atoms with Gasteiger partial charge in [-0.2, -0.15) is 17.5 Å². The maximum Gasteiger partial charge on any atom is 0.416 e. The first kappa shape index (κ1) is 25.3. The first-order valence-corrected chi connectivity index (χ1v) is 12.4. The van der Waals surface area contributed by atoms with Crippen LogP contribution in [-0.4, -0.2) is 16.9 Å². The Bertz CT molecular complexity index is 1240. The number of carbonyl (C=O) groups is 2. The van der Waals surface area contributed by atoms with E-state index < -0.39 is 23.6 Å². The summed E-state index contributed by atoms with van der Waals surface area (Å²) in [6.07, 6.45) is 0.832. The number of unbranched alkanes of at least 4 members (excludes halogenated alkanes) is 1. The topological polar surface area (TPSA) is 46.6 Å². The van der Waals surface area contributed by atoms with Crippen molar-refractivity contribution in [3.8, 4) is 0 Å². The molecule has 1 heterocycles. The zero-order chi connectivity index (χ0) is 25.2. The summed E-state index contributed by atoms with van der Waals surface area (Å²) in [6, 6.07) is 13.5. The predicted octanol–water partition coefficient (Wildman–Crippen LogP) is 7.85. The number of hydrogen-bond donors (Lipinski definition) is 0. The highest BCUT2D eigenvalue weighted by molar-refractivity contribution is 7.94. The summed E-state index contributed by atoms with van der Waals surface area (Å²) in [5.74, 6) is -0.679. The van der Waals surface area contributed by atoms with Crippen molar-refractivity contribution in [2.24, 2.45) is 5.92 Å². The zero-order valence-electron chi connectivity index (χ0n) is 19.5. The van der Waals surface area contributed by atoms with Crippen molar-refractivity contribution >= 4 is 34.6 Å². The number of amides is 2. The van der Waals surface area contributed by atoms with Gasteiger partial charge in [0.1, 0.15) is 0 Å². The summed E-state index contributed by atoms with van der Waals surface area (Å²) in [7, 11) is 0. The van der Waals surface area contributed by atoms with E-state index in [1.165, 1.54) is 12.1 Å². The van der Waals surface area contributed by atoms with Crippen LogP contribution in [-0.2, 0) is 16.9 Å². The van der Waals surface area contributed by atoms with Crippen LogP contribution in [0.1, 0.15) is 71.4 Å². The van der Waals surface area contributed by atoms with Crippen LogP contribution in [0.25, 0.3) is 10.8 Å². The van der Waals surface area contributed by atoms with E-state index in [-0.39, 0.29) is 0 Å². The second-order valence-electron chi connectivity index (χ2n) is 8.75. The Morgan fingerprint density at radius 1 is 0.971 bits per heavy atom. The fourth-order valence-corrected chi connectivity index (χ4v) is 4.93. The normalized spacial score (nSPS) is 14.6. The number of carbonyl (C=O) groups excluding carboxylic acids is 2. The molecule has 0 radical (unpaired) electrons. The van der Waals surface area contributed by atoms with E-state index >= 15 is 0 Å². The lowest BCUT2D eigenvalue weighted by molar-refractivity contribution is -0.137. The number of hydroxylamine groups is 2. The van der Waals surface area contributed by atoms with Gasteiger partial charge in [0.2, 0.25) is 0 Å². The van der Waals surface area contributed by atoms with E-state index in [0.29, 0.717) is 44.4 Å². The van der Waals surface area contributed by atoms with Crippen molar-refractivity contribution in [1.82, 2.24) is 5.06 Å². The fourth-order valence-electron chi connectivity index (χ4n) is 4.39. The molecule has 0 aromatic heterocycles. The second kappa shape index (κ2) is 10.4. The summed E-state index contributed by atoms with van der Waals surface area (Å²) in [4.78, 5) is 26.7. The molecule has 2 amide bonds. The second-order valence-corrected chi connectivity index (χ2v) is 9.54. The minimum Gasteiger partial charge on any atom is -0.266 e. The Kier molecular flexibility index (Phi) is 7.52. The molecule has 4 rings (SSSR count). The van der Waals surface area contributed by atoms with Crippen LogP contribution in [0.5, 0.6) is 0 Å². The molecular formula is C27H26F3NO3S. The van der Waals surface area contributed by atoms with Gasteiger partial charge in [0.15, 0.2) is 0 Å². The molecule has 35 heavy (non-hydrogen) atoms. The van der Waals surface area contributed by atoms with Crippen LogP contribution in [0.15, 0.2) is 59.5 Å². The highest BCUT2D eigenvalue weighted by atomic mass is 32.2. The fraction of sp³-hybridized carbons (Fsp3) is 0.333. The molecular weight excluding hydrogens is 475 g/mol. The summed E-state index contributed by atoms with van der Waals surface area (Å²) < 4.78 is 43.9. The third kappa shape index (κ3) is 5.38. The average molecular weight is 502 g/mol. The van der Waals surface area contributed by atoms with Gasteiger partial charge in [-0.25, -0.2) is 0 Å². The van der Waals surface area contributed by atoms with Crippen molar-refractivity contribution in [3.63, 3.8) is 0 Å². The molecule has 0 N–H and O–H groups in total. The van der Waals surface area contributed by atoms with Crippen LogP contribution in [0.2, 0.25) is 0 Å². The molecule has 0 saturated heterocycles. The lowest BCUT2D eigenvalue weighted by Crippen LogP contribution is -2.38. The maximum atomic E-state index is 13.3. The summed E-state index contributed by atoms with van der Waals surface area (Å²) in [6.45, 7) is 4.34. The molecule has 3 aromatic rings. The van der Waals surface area contributed by atoms with Gasteiger partial charge in [-0.1, -0.05) is 57.7 Å². The van der Waals surface area contributed by atoms with Gasteiger partial charge in [-0.3, -0.25) is 9.59 Å². The highest BCUT2D eigenvalue weighted by Gasteiger charge is 2.35. The zero-order valence-corrected chi connectivity index (χ0v) is 20.3. The molecule has 1 atom stereocenters. The number of hydrogen-bond acceptors (Lipinski definition) is 4. The van der Waals surface area contributed by atoms with E-state index in [0.717, 1.165) is 55.2 Å². The van der Waals surface area contributed by atoms with Crippen molar-refractivity contribution in [1.29, 1.82) is 0 Å². The predicted molar refractivity (Wildman–Crippen MR) is 130 cm³/mol. The lowest BCUT2D eigenvalue weighted by Gasteiger charge is -2.26. The number of imide groups is 1.